The second kappa shape index (κ2) is 7.50. The zero-order valence-electron chi connectivity index (χ0n) is 15.2. The maximum Gasteiger partial charge on any atom is 0.141 e. The van der Waals surface area contributed by atoms with E-state index in [1.807, 2.05) is 35.8 Å². The summed E-state index contributed by atoms with van der Waals surface area (Å²) in [5.41, 5.74) is 4.94. The molecule has 3 aromatic heterocycles. The summed E-state index contributed by atoms with van der Waals surface area (Å²) in [6, 6.07) is 18.7. The molecule has 5 rings (SSSR count). The Morgan fingerprint density at radius 2 is 1.75 bits per heavy atom. The molecule has 4 heterocycles. The van der Waals surface area contributed by atoms with Gasteiger partial charge in [-0.15, -0.1) is 11.3 Å². The van der Waals surface area contributed by atoms with Crippen LogP contribution in [0.1, 0.15) is 16.7 Å². The Bertz CT molecular complexity index is 1050. The lowest BCUT2D eigenvalue weighted by molar-refractivity contribution is 0.275. The first-order chi connectivity index (χ1) is 13.8. The number of aromatic nitrogens is 3. The number of rotatable bonds is 5. The molecule has 0 fully saturated rings. The van der Waals surface area contributed by atoms with Gasteiger partial charge in [0.05, 0.1) is 0 Å². The summed E-state index contributed by atoms with van der Waals surface area (Å²) < 4.78 is 0. The lowest BCUT2D eigenvalue weighted by Crippen LogP contribution is -2.15. The molecule has 4 aromatic rings. The van der Waals surface area contributed by atoms with E-state index in [0.717, 1.165) is 42.0 Å². The summed E-state index contributed by atoms with van der Waals surface area (Å²) in [7, 11) is 0. The summed E-state index contributed by atoms with van der Waals surface area (Å²) in [4.78, 5) is 16.0. The van der Waals surface area contributed by atoms with Crippen LogP contribution < -0.4 is 5.32 Å². The molecular formula is C22H19N5S. The van der Waals surface area contributed by atoms with E-state index in [1.165, 1.54) is 16.7 Å². The first-order valence-electron chi connectivity index (χ1n) is 9.21. The van der Waals surface area contributed by atoms with Crippen LogP contribution in [0, 0.1) is 0 Å². The number of nitrogens with one attached hydrogen (secondary N) is 1. The highest BCUT2D eigenvalue weighted by Crippen LogP contribution is 2.25. The quantitative estimate of drug-likeness (QED) is 0.532. The molecule has 0 bridgehead atoms. The summed E-state index contributed by atoms with van der Waals surface area (Å²) in [5, 5.41) is 6.15. The SMILES string of the molecule is c1cc(Nc2ccc(CN3Cc4ccccc4C3)cn2)nc(-c2nccs2)c1. The maximum absolute atomic E-state index is 4.63. The summed E-state index contributed by atoms with van der Waals surface area (Å²) in [6.07, 6.45) is 3.73. The van der Waals surface area contributed by atoms with E-state index < -0.39 is 0 Å². The second-order valence-corrected chi connectivity index (χ2v) is 7.73. The van der Waals surface area contributed by atoms with E-state index in [2.05, 4.69) is 55.5 Å². The van der Waals surface area contributed by atoms with Crippen molar-refractivity contribution in [2.24, 2.45) is 0 Å². The van der Waals surface area contributed by atoms with Crippen LogP contribution in [-0.2, 0) is 19.6 Å². The van der Waals surface area contributed by atoms with E-state index in [4.69, 9.17) is 0 Å². The van der Waals surface area contributed by atoms with Crippen molar-refractivity contribution in [3.63, 3.8) is 0 Å². The largest absolute Gasteiger partial charge is 0.325 e. The van der Waals surface area contributed by atoms with Crippen molar-refractivity contribution in [1.29, 1.82) is 0 Å². The molecule has 0 spiro atoms. The third-order valence-corrected chi connectivity index (χ3v) is 5.59. The van der Waals surface area contributed by atoms with Gasteiger partial charge in [0.1, 0.15) is 22.3 Å². The zero-order valence-corrected chi connectivity index (χ0v) is 16.1. The maximum atomic E-state index is 4.63. The van der Waals surface area contributed by atoms with Crippen molar-refractivity contribution in [3.8, 4) is 10.7 Å². The predicted octanol–water partition coefficient (Wildman–Crippen LogP) is 4.86. The highest BCUT2D eigenvalue weighted by molar-refractivity contribution is 7.13. The minimum absolute atomic E-state index is 0.767. The van der Waals surface area contributed by atoms with Crippen molar-refractivity contribution in [3.05, 3.63) is 89.1 Å². The lowest BCUT2D eigenvalue weighted by Gasteiger charge is -2.15. The molecule has 0 amide bonds. The molecule has 0 saturated heterocycles. The Labute approximate surface area is 167 Å². The van der Waals surface area contributed by atoms with E-state index in [1.54, 1.807) is 17.5 Å². The number of anilines is 2. The van der Waals surface area contributed by atoms with Gasteiger partial charge in [-0.2, -0.15) is 0 Å². The molecule has 5 nitrogen and oxygen atoms in total. The van der Waals surface area contributed by atoms with Gasteiger partial charge in [0, 0.05) is 37.4 Å². The number of pyridine rings is 2. The van der Waals surface area contributed by atoms with Crippen LogP contribution in [0.3, 0.4) is 0 Å². The van der Waals surface area contributed by atoms with Crippen LogP contribution in [0.4, 0.5) is 11.6 Å². The number of benzene rings is 1. The van der Waals surface area contributed by atoms with Gasteiger partial charge >= 0.3 is 0 Å². The van der Waals surface area contributed by atoms with Gasteiger partial charge in [0.25, 0.3) is 0 Å². The van der Waals surface area contributed by atoms with Crippen LogP contribution in [0.25, 0.3) is 10.7 Å². The van der Waals surface area contributed by atoms with Crippen molar-refractivity contribution in [2.75, 3.05) is 5.32 Å². The normalized spacial score (nSPS) is 13.4. The van der Waals surface area contributed by atoms with Crippen molar-refractivity contribution < 1.29 is 0 Å². The first kappa shape index (κ1) is 17.0. The Kier molecular flexibility index (Phi) is 4.56. The highest BCUT2D eigenvalue weighted by atomic mass is 32.1. The Hall–Kier alpha value is -3.09. The monoisotopic (exact) mass is 385 g/mol. The Morgan fingerprint density at radius 1 is 0.893 bits per heavy atom. The highest BCUT2D eigenvalue weighted by Gasteiger charge is 2.18. The molecule has 138 valence electrons. The average Bonchev–Trinajstić information content (AvgIpc) is 3.39. The van der Waals surface area contributed by atoms with Crippen LogP contribution in [0.2, 0.25) is 0 Å². The molecule has 0 saturated carbocycles. The zero-order chi connectivity index (χ0) is 18.8. The molecule has 28 heavy (non-hydrogen) atoms. The van der Waals surface area contributed by atoms with Crippen LogP contribution in [0.5, 0.6) is 0 Å². The van der Waals surface area contributed by atoms with Crippen molar-refractivity contribution >= 4 is 23.0 Å². The molecule has 0 atom stereocenters. The van der Waals surface area contributed by atoms with Crippen molar-refractivity contribution in [1.82, 2.24) is 19.9 Å². The average molecular weight is 385 g/mol. The van der Waals surface area contributed by atoms with Gasteiger partial charge in [-0.05, 0) is 34.9 Å². The predicted molar refractivity (Wildman–Crippen MR) is 112 cm³/mol. The molecule has 1 aliphatic rings. The molecule has 1 N–H and O–H groups in total. The van der Waals surface area contributed by atoms with Gasteiger partial charge in [-0.25, -0.2) is 15.0 Å². The summed E-state index contributed by atoms with van der Waals surface area (Å²) >= 11 is 1.58. The Balaban J connectivity index is 1.24. The van der Waals surface area contributed by atoms with E-state index in [-0.39, 0.29) is 0 Å². The van der Waals surface area contributed by atoms with E-state index >= 15 is 0 Å². The van der Waals surface area contributed by atoms with Crippen molar-refractivity contribution in [2.45, 2.75) is 19.6 Å². The molecule has 1 aliphatic heterocycles. The van der Waals surface area contributed by atoms with Gasteiger partial charge in [-0.1, -0.05) is 36.4 Å². The minimum atomic E-state index is 0.767. The number of fused-ring (bicyclic) bond motifs is 1. The third-order valence-electron chi connectivity index (χ3n) is 4.79. The fourth-order valence-electron chi connectivity index (χ4n) is 3.47. The Morgan fingerprint density at radius 3 is 2.46 bits per heavy atom. The van der Waals surface area contributed by atoms with Gasteiger partial charge in [0.15, 0.2) is 0 Å². The van der Waals surface area contributed by atoms with Crippen LogP contribution in [0.15, 0.2) is 72.4 Å². The standard InChI is InChI=1S/C22H19N5S/c1-2-5-18-15-27(14-17(18)4-1)13-16-8-9-20(24-12-16)26-21-7-3-6-19(25-21)22-23-10-11-28-22/h1-12H,13-15H2,(H,24,25,26). The van der Waals surface area contributed by atoms with Crippen LogP contribution in [-0.4, -0.2) is 19.9 Å². The molecule has 0 unspecified atom stereocenters. The smallest absolute Gasteiger partial charge is 0.141 e. The van der Waals surface area contributed by atoms with E-state index in [0.29, 0.717) is 0 Å². The third kappa shape index (κ3) is 3.65. The van der Waals surface area contributed by atoms with Crippen LogP contribution >= 0.6 is 11.3 Å². The minimum Gasteiger partial charge on any atom is -0.325 e. The van der Waals surface area contributed by atoms with E-state index in [9.17, 15) is 0 Å². The topological polar surface area (TPSA) is 53.9 Å². The second-order valence-electron chi connectivity index (χ2n) is 6.84. The molecule has 1 aromatic carbocycles. The number of hydrogen-bond acceptors (Lipinski definition) is 6. The number of nitrogens with zero attached hydrogens (tertiary/aromatic N) is 4. The van der Waals surface area contributed by atoms with Gasteiger partial charge in [0.2, 0.25) is 0 Å². The fourth-order valence-corrected chi connectivity index (χ4v) is 4.08. The van der Waals surface area contributed by atoms with Gasteiger partial charge < -0.3 is 5.32 Å². The summed E-state index contributed by atoms with van der Waals surface area (Å²) in [6.45, 7) is 2.91. The number of hydrogen-bond donors (Lipinski definition) is 1. The number of thiazole rings is 1. The molecule has 0 aliphatic carbocycles. The molecular weight excluding hydrogens is 366 g/mol. The molecule has 6 heteroatoms. The lowest BCUT2D eigenvalue weighted by atomic mass is 10.1. The van der Waals surface area contributed by atoms with Gasteiger partial charge in [-0.3, -0.25) is 4.90 Å². The molecule has 0 radical (unpaired) electrons. The fraction of sp³-hybridized carbons (Fsp3) is 0.136. The first-order valence-corrected chi connectivity index (χ1v) is 10.1. The summed E-state index contributed by atoms with van der Waals surface area (Å²) in [5.74, 6) is 1.56.